The van der Waals surface area contributed by atoms with Gasteiger partial charge in [0.25, 0.3) is 0 Å². The molecule has 26 heavy (non-hydrogen) atoms. The molecule has 0 aliphatic carbocycles. The molecule has 0 spiro atoms. The number of para-hydroxylation sites is 1. The third-order valence-electron chi connectivity index (χ3n) is 4.81. The fourth-order valence-electron chi connectivity index (χ4n) is 3.34. The van der Waals surface area contributed by atoms with E-state index in [0.717, 1.165) is 30.8 Å². The molecule has 1 aliphatic heterocycles. The van der Waals surface area contributed by atoms with Crippen LogP contribution in [0.4, 0.5) is 17.1 Å². The van der Waals surface area contributed by atoms with Crippen molar-refractivity contribution in [3.63, 3.8) is 0 Å². The molecule has 1 heterocycles. The Balaban J connectivity index is 1.59. The third-order valence-corrected chi connectivity index (χ3v) is 4.81. The number of nitrogens with zero attached hydrogens (tertiary/aromatic N) is 3. The largest absolute Gasteiger partial charge is 0.388 e. The summed E-state index contributed by atoms with van der Waals surface area (Å²) in [6.07, 6.45) is 9.39. The summed E-state index contributed by atoms with van der Waals surface area (Å²) >= 11 is 0. The molecule has 2 aromatic rings. The monoisotopic (exact) mass is 348 g/mol. The third kappa shape index (κ3) is 4.26. The van der Waals surface area contributed by atoms with Gasteiger partial charge in [-0.15, -0.1) is 0 Å². The van der Waals surface area contributed by atoms with Crippen molar-refractivity contribution in [2.75, 3.05) is 42.9 Å². The van der Waals surface area contributed by atoms with Gasteiger partial charge in [0, 0.05) is 51.7 Å². The van der Waals surface area contributed by atoms with Crippen molar-refractivity contribution in [3.05, 3.63) is 59.7 Å². The van der Waals surface area contributed by atoms with Gasteiger partial charge in [-0.25, -0.2) is 0 Å². The van der Waals surface area contributed by atoms with Crippen LogP contribution in [0.5, 0.6) is 0 Å². The van der Waals surface area contributed by atoms with Crippen LogP contribution >= 0.6 is 0 Å². The molecule has 1 aliphatic rings. The molecule has 0 saturated heterocycles. The fourth-order valence-corrected chi connectivity index (χ4v) is 3.34. The maximum Gasteiger partial charge on any atom is 0.0594 e. The molecule has 0 atom stereocenters. The Kier molecular flexibility index (Phi) is 5.95. The van der Waals surface area contributed by atoms with E-state index in [0.29, 0.717) is 0 Å². The van der Waals surface area contributed by atoms with E-state index in [1.807, 2.05) is 31.4 Å². The maximum atomic E-state index is 4.56. The first-order valence-electron chi connectivity index (χ1n) is 9.22. The topological polar surface area (TPSA) is 30.9 Å². The summed E-state index contributed by atoms with van der Waals surface area (Å²) in [6, 6.07) is 14.9. The molecule has 0 fully saturated rings. The number of hydrazone groups is 1. The summed E-state index contributed by atoms with van der Waals surface area (Å²) < 4.78 is 0. The number of hydrogen-bond donors (Lipinski definition) is 1. The predicted octanol–water partition coefficient (Wildman–Crippen LogP) is 4.64. The molecule has 0 amide bonds. The molecule has 4 heteroatoms. The first-order chi connectivity index (χ1) is 12.7. The molecule has 0 saturated carbocycles. The van der Waals surface area contributed by atoms with Crippen molar-refractivity contribution in [3.8, 4) is 0 Å². The molecule has 136 valence electrons. The van der Waals surface area contributed by atoms with Crippen LogP contribution in [-0.4, -0.2) is 33.9 Å². The minimum Gasteiger partial charge on any atom is -0.388 e. The van der Waals surface area contributed by atoms with Crippen molar-refractivity contribution in [2.24, 2.45) is 5.10 Å². The molecule has 0 aromatic heterocycles. The van der Waals surface area contributed by atoms with E-state index in [1.54, 1.807) is 0 Å². The van der Waals surface area contributed by atoms with Crippen LogP contribution in [0.25, 0.3) is 6.08 Å². The average Bonchev–Trinajstić information content (AvgIpc) is 2.67. The summed E-state index contributed by atoms with van der Waals surface area (Å²) in [6.45, 7) is 1.14. The average molecular weight is 348 g/mol. The van der Waals surface area contributed by atoms with Crippen molar-refractivity contribution in [1.29, 1.82) is 0 Å². The SMILES string of the molecule is CNc1ccccc1/C=C\C/C=N/N(C)c1ccc2c(c1)CCCN2C. The fraction of sp³-hybridized carbons (Fsp3) is 0.318. The highest BCUT2D eigenvalue weighted by molar-refractivity contribution is 5.70. The van der Waals surface area contributed by atoms with Crippen molar-refractivity contribution >= 4 is 29.4 Å². The molecule has 2 aromatic carbocycles. The lowest BCUT2D eigenvalue weighted by atomic mass is 10.0. The molecule has 3 rings (SSSR count). The van der Waals surface area contributed by atoms with Crippen molar-refractivity contribution in [2.45, 2.75) is 19.3 Å². The lowest BCUT2D eigenvalue weighted by Gasteiger charge is -2.28. The Morgan fingerprint density at radius 3 is 2.92 bits per heavy atom. The smallest absolute Gasteiger partial charge is 0.0594 e. The van der Waals surface area contributed by atoms with Crippen LogP contribution in [-0.2, 0) is 6.42 Å². The van der Waals surface area contributed by atoms with Crippen molar-refractivity contribution in [1.82, 2.24) is 0 Å². The molecule has 0 unspecified atom stereocenters. The second-order valence-corrected chi connectivity index (χ2v) is 6.64. The summed E-state index contributed by atoms with van der Waals surface area (Å²) in [5.41, 5.74) is 6.23. The van der Waals surface area contributed by atoms with E-state index in [4.69, 9.17) is 0 Å². The number of benzene rings is 2. The van der Waals surface area contributed by atoms with Gasteiger partial charge in [0.2, 0.25) is 0 Å². The van der Waals surface area contributed by atoms with Gasteiger partial charge in [-0.1, -0.05) is 30.4 Å². The number of hydrogen-bond acceptors (Lipinski definition) is 4. The van der Waals surface area contributed by atoms with Gasteiger partial charge in [0.15, 0.2) is 0 Å². The van der Waals surface area contributed by atoms with Crippen LogP contribution in [0, 0.1) is 0 Å². The van der Waals surface area contributed by atoms with Gasteiger partial charge >= 0.3 is 0 Å². The summed E-state index contributed by atoms with van der Waals surface area (Å²) in [5, 5.41) is 9.72. The van der Waals surface area contributed by atoms with Gasteiger partial charge in [-0.3, -0.25) is 5.01 Å². The Morgan fingerprint density at radius 2 is 2.08 bits per heavy atom. The lowest BCUT2D eigenvalue weighted by molar-refractivity contribution is 0.744. The molecule has 4 nitrogen and oxygen atoms in total. The lowest BCUT2D eigenvalue weighted by Crippen LogP contribution is -2.24. The van der Waals surface area contributed by atoms with Crippen LogP contribution in [0.2, 0.25) is 0 Å². The zero-order valence-corrected chi connectivity index (χ0v) is 15.9. The Labute approximate surface area is 156 Å². The van der Waals surface area contributed by atoms with Crippen molar-refractivity contribution < 1.29 is 0 Å². The number of rotatable bonds is 6. The Bertz CT molecular complexity index is 794. The maximum absolute atomic E-state index is 4.56. The first kappa shape index (κ1) is 18.1. The number of allylic oxidation sites excluding steroid dienone is 1. The molecular weight excluding hydrogens is 320 g/mol. The van der Waals surface area contributed by atoms with E-state index in [1.165, 1.54) is 23.2 Å². The normalized spacial score (nSPS) is 14.0. The van der Waals surface area contributed by atoms with Gasteiger partial charge in [-0.05, 0) is 48.2 Å². The predicted molar refractivity (Wildman–Crippen MR) is 115 cm³/mol. The van der Waals surface area contributed by atoms with Crippen LogP contribution in [0.15, 0.2) is 53.6 Å². The molecular formula is C22H28N4. The van der Waals surface area contributed by atoms with E-state index in [9.17, 15) is 0 Å². The molecule has 0 bridgehead atoms. The molecule has 1 N–H and O–H groups in total. The zero-order chi connectivity index (χ0) is 18.4. The number of fused-ring (bicyclic) bond motifs is 1. The number of nitrogens with one attached hydrogen (secondary N) is 1. The van der Waals surface area contributed by atoms with E-state index in [-0.39, 0.29) is 0 Å². The van der Waals surface area contributed by atoms with E-state index >= 15 is 0 Å². The quantitative estimate of drug-likeness (QED) is 0.610. The first-order valence-corrected chi connectivity index (χ1v) is 9.22. The minimum absolute atomic E-state index is 0.802. The van der Waals surface area contributed by atoms with Gasteiger partial charge in [0.05, 0.1) is 5.69 Å². The molecule has 0 radical (unpaired) electrons. The number of aryl methyl sites for hydroxylation is 1. The van der Waals surface area contributed by atoms with E-state index in [2.05, 4.69) is 70.9 Å². The van der Waals surface area contributed by atoms with Gasteiger partial charge in [0.1, 0.15) is 0 Å². The van der Waals surface area contributed by atoms with E-state index < -0.39 is 0 Å². The summed E-state index contributed by atoms with van der Waals surface area (Å²) in [7, 11) is 6.11. The zero-order valence-electron chi connectivity index (χ0n) is 15.9. The summed E-state index contributed by atoms with van der Waals surface area (Å²) in [5.74, 6) is 0. The summed E-state index contributed by atoms with van der Waals surface area (Å²) in [4.78, 5) is 2.33. The van der Waals surface area contributed by atoms with Crippen LogP contribution < -0.4 is 15.2 Å². The highest BCUT2D eigenvalue weighted by Gasteiger charge is 2.14. The van der Waals surface area contributed by atoms with Crippen LogP contribution in [0.3, 0.4) is 0 Å². The van der Waals surface area contributed by atoms with Gasteiger partial charge < -0.3 is 10.2 Å². The highest BCUT2D eigenvalue weighted by atomic mass is 15.4. The Morgan fingerprint density at radius 1 is 1.23 bits per heavy atom. The highest BCUT2D eigenvalue weighted by Crippen LogP contribution is 2.29. The minimum atomic E-state index is 0.802. The second-order valence-electron chi connectivity index (χ2n) is 6.64. The Hall–Kier alpha value is -2.75. The van der Waals surface area contributed by atoms with Gasteiger partial charge in [-0.2, -0.15) is 5.10 Å². The number of anilines is 3. The second kappa shape index (κ2) is 8.56. The van der Waals surface area contributed by atoms with Crippen LogP contribution in [0.1, 0.15) is 24.0 Å². The standard InChI is InChI=1S/C22H28N4/c1-23-21-12-5-4-9-18(21)10-6-7-15-24-26(3)20-13-14-22-19(17-20)11-8-16-25(22)2/h4-6,9-10,12-15,17,23H,7-8,11,16H2,1-3H3/b10-6-,24-15+.